The van der Waals surface area contributed by atoms with Crippen LogP contribution in [0, 0.1) is 0 Å². The van der Waals surface area contributed by atoms with E-state index in [0.717, 1.165) is 16.7 Å². The van der Waals surface area contributed by atoms with Crippen LogP contribution in [0.25, 0.3) is 0 Å². The van der Waals surface area contributed by atoms with Crippen LogP contribution in [0.4, 0.5) is 0 Å². The van der Waals surface area contributed by atoms with Crippen LogP contribution in [0.1, 0.15) is 23.1 Å². The van der Waals surface area contributed by atoms with Crippen molar-refractivity contribution < 1.29 is 9.53 Å². The Morgan fingerprint density at radius 1 is 0.955 bits per heavy atom. The number of benzene rings is 2. The van der Waals surface area contributed by atoms with Crippen LogP contribution in [0.2, 0.25) is 0 Å². The van der Waals surface area contributed by atoms with Crippen molar-refractivity contribution in [3.8, 4) is 0 Å². The fraction of sp³-hybridized carbons (Fsp3) is 0.278. The molecule has 0 fully saturated rings. The van der Waals surface area contributed by atoms with Gasteiger partial charge >= 0.3 is 0 Å². The first-order chi connectivity index (χ1) is 10.8. The molecule has 0 bridgehead atoms. The van der Waals surface area contributed by atoms with Gasteiger partial charge in [0.05, 0.1) is 13.2 Å². The van der Waals surface area contributed by atoms with Crippen LogP contribution in [-0.4, -0.2) is 12.5 Å². The Balaban J connectivity index is 1.86. The minimum atomic E-state index is -0.0255. The van der Waals surface area contributed by atoms with Crippen molar-refractivity contribution in [2.24, 2.45) is 5.73 Å². The van der Waals surface area contributed by atoms with Gasteiger partial charge in [-0.05, 0) is 16.7 Å². The number of nitrogens with two attached hydrogens (primary N) is 1. The highest BCUT2D eigenvalue weighted by Crippen LogP contribution is 2.11. The zero-order chi connectivity index (χ0) is 15.6. The molecule has 0 radical (unpaired) electrons. The summed E-state index contributed by atoms with van der Waals surface area (Å²) < 4.78 is 5.77. The molecular weight excluding hydrogens is 276 g/mol. The van der Waals surface area contributed by atoms with E-state index in [4.69, 9.17) is 10.5 Å². The van der Waals surface area contributed by atoms with E-state index in [0.29, 0.717) is 32.7 Å². The van der Waals surface area contributed by atoms with Crippen LogP contribution >= 0.6 is 0 Å². The number of rotatable bonds is 8. The molecule has 4 heteroatoms. The lowest BCUT2D eigenvalue weighted by Crippen LogP contribution is -2.25. The van der Waals surface area contributed by atoms with Crippen LogP contribution < -0.4 is 11.1 Å². The molecule has 0 aromatic heterocycles. The van der Waals surface area contributed by atoms with Crippen molar-refractivity contribution in [2.45, 2.75) is 26.2 Å². The molecule has 0 aliphatic rings. The number of hydrogen-bond acceptors (Lipinski definition) is 3. The Labute approximate surface area is 131 Å². The molecule has 0 heterocycles. The maximum atomic E-state index is 11.5. The van der Waals surface area contributed by atoms with Gasteiger partial charge in [-0.2, -0.15) is 0 Å². The zero-order valence-electron chi connectivity index (χ0n) is 12.6. The average Bonchev–Trinajstić information content (AvgIpc) is 2.55. The molecule has 0 saturated heterocycles. The van der Waals surface area contributed by atoms with Gasteiger partial charge in [-0.25, -0.2) is 0 Å². The van der Waals surface area contributed by atoms with Gasteiger partial charge in [0.15, 0.2) is 0 Å². The summed E-state index contributed by atoms with van der Waals surface area (Å²) in [4.78, 5) is 11.5. The third-order valence-corrected chi connectivity index (χ3v) is 3.33. The highest BCUT2D eigenvalue weighted by Gasteiger charge is 2.04. The molecule has 0 spiro atoms. The lowest BCUT2D eigenvalue weighted by molar-refractivity contribution is -0.121. The Morgan fingerprint density at radius 2 is 1.64 bits per heavy atom. The number of carbonyl (C=O) groups excluding carboxylic acids is 1. The molecule has 0 unspecified atom stereocenters. The fourth-order valence-corrected chi connectivity index (χ4v) is 2.14. The highest BCUT2D eigenvalue weighted by molar-refractivity contribution is 5.76. The Hall–Kier alpha value is -2.17. The standard InChI is InChI=1S/C18H22N2O2/c19-11-10-18(21)20-12-16-8-4-5-9-17(16)14-22-13-15-6-2-1-3-7-15/h1-9H,10-14,19H2,(H,20,21). The van der Waals surface area contributed by atoms with Gasteiger partial charge in [0, 0.05) is 19.5 Å². The molecular formula is C18H22N2O2. The van der Waals surface area contributed by atoms with Gasteiger partial charge < -0.3 is 15.8 Å². The predicted octanol–water partition coefficient (Wildman–Crippen LogP) is 2.37. The first-order valence-electron chi connectivity index (χ1n) is 7.45. The normalized spacial score (nSPS) is 10.4. The summed E-state index contributed by atoms with van der Waals surface area (Å²) in [7, 11) is 0. The Morgan fingerprint density at radius 3 is 2.36 bits per heavy atom. The first kappa shape index (κ1) is 16.2. The summed E-state index contributed by atoms with van der Waals surface area (Å²) in [6, 6.07) is 18.0. The first-order valence-corrected chi connectivity index (χ1v) is 7.45. The van der Waals surface area contributed by atoms with Gasteiger partial charge in [-0.3, -0.25) is 4.79 Å². The van der Waals surface area contributed by atoms with Crippen molar-refractivity contribution in [1.29, 1.82) is 0 Å². The third-order valence-electron chi connectivity index (χ3n) is 3.33. The number of carbonyl (C=O) groups is 1. The summed E-state index contributed by atoms with van der Waals surface area (Å²) in [5, 5.41) is 2.87. The van der Waals surface area contributed by atoms with E-state index in [2.05, 4.69) is 5.32 Å². The summed E-state index contributed by atoms with van der Waals surface area (Å²) in [5.74, 6) is -0.0255. The summed E-state index contributed by atoms with van der Waals surface area (Å²) in [6.07, 6.45) is 0.354. The molecule has 0 atom stereocenters. The molecule has 0 saturated carbocycles. The monoisotopic (exact) mass is 298 g/mol. The summed E-state index contributed by atoms with van der Waals surface area (Å²) >= 11 is 0. The Kier molecular flexibility index (Phi) is 6.61. The highest BCUT2D eigenvalue weighted by atomic mass is 16.5. The molecule has 2 rings (SSSR count). The second-order valence-corrected chi connectivity index (χ2v) is 5.06. The van der Waals surface area contributed by atoms with Crippen LogP contribution in [0.5, 0.6) is 0 Å². The van der Waals surface area contributed by atoms with E-state index in [-0.39, 0.29) is 5.91 Å². The second-order valence-electron chi connectivity index (χ2n) is 5.06. The molecule has 1 amide bonds. The van der Waals surface area contributed by atoms with Crippen LogP contribution in [0.15, 0.2) is 54.6 Å². The molecule has 3 N–H and O–H groups in total. The largest absolute Gasteiger partial charge is 0.372 e. The second kappa shape index (κ2) is 8.97. The van der Waals surface area contributed by atoms with Crippen molar-refractivity contribution in [1.82, 2.24) is 5.32 Å². The molecule has 2 aromatic rings. The van der Waals surface area contributed by atoms with Crippen LogP contribution in [-0.2, 0) is 29.3 Å². The average molecular weight is 298 g/mol. The minimum Gasteiger partial charge on any atom is -0.372 e. The number of nitrogens with one attached hydrogen (secondary N) is 1. The van der Waals surface area contributed by atoms with Crippen molar-refractivity contribution >= 4 is 5.91 Å². The minimum absolute atomic E-state index is 0.0255. The van der Waals surface area contributed by atoms with E-state index in [1.165, 1.54) is 0 Å². The molecule has 0 aliphatic heterocycles. The van der Waals surface area contributed by atoms with Gasteiger partial charge in [0.25, 0.3) is 0 Å². The van der Waals surface area contributed by atoms with Gasteiger partial charge in [-0.15, -0.1) is 0 Å². The van der Waals surface area contributed by atoms with Crippen molar-refractivity contribution in [3.05, 3.63) is 71.3 Å². The predicted molar refractivity (Wildman–Crippen MR) is 86.9 cm³/mol. The smallest absolute Gasteiger partial charge is 0.221 e. The zero-order valence-corrected chi connectivity index (χ0v) is 12.6. The topological polar surface area (TPSA) is 64.4 Å². The summed E-state index contributed by atoms with van der Waals surface area (Å²) in [5.41, 5.74) is 8.68. The van der Waals surface area contributed by atoms with E-state index in [9.17, 15) is 4.79 Å². The van der Waals surface area contributed by atoms with E-state index in [1.54, 1.807) is 0 Å². The van der Waals surface area contributed by atoms with Crippen molar-refractivity contribution in [2.75, 3.05) is 6.54 Å². The van der Waals surface area contributed by atoms with Crippen LogP contribution in [0.3, 0.4) is 0 Å². The third kappa shape index (κ3) is 5.31. The molecule has 22 heavy (non-hydrogen) atoms. The molecule has 116 valence electrons. The molecule has 4 nitrogen and oxygen atoms in total. The SMILES string of the molecule is NCCC(=O)NCc1ccccc1COCc1ccccc1. The molecule has 0 aliphatic carbocycles. The van der Waals surface area contributed by atoms with Gasteiger partial charge in [0.2, 0.25) is 5.91 Å². The van der Waals surface area contributed by atoms with E-state index >= 15 is 0 Å². The van der Waals surface area contributed by atoms with Crippen molar-refractivity contribution in [3.63, 3.8) is 0 Å². The Bertz CT molecular complexity index is 585. The lowest BCUT2D eigenvalue weighted by atomic mass is 10.1. The number of amides is 1. The lowest BCUT2D eigenvalue weighted by Gasteiger charge is -2.11. The maximum Gasteiger partial charge on any atom is 0.221 e. The number of ether oxygens (including phenoxy) is 1. The van der Waals surface area contributed by atoms with E-state index < -0.39 is 0 Å². The quantitative estimate of drug-likeness (QED) is 0.786. The summed E-state index contributed by atoms with van der Waals surface area (Å²) in [6.45, 7) is 1.98. The number of hydrogen-bond donors (Lipinski definition) is 2. The maximum absolute atomic E-state index is 11.5. The fourth-order valence-electron chi connectivity index (χ4n) is 2.14. The van der Waals surface area contributed by atoms with Gasteiger partial charge in [-0.1, -0.05) is 54.6 Å². The molecule has 2 aromatic carbocycles. The van der Waals surface area contributed by atoms with Gasteiger partial charge in [0.1, 0.15) is 0 Å². The van der Waals surface area contributed by atoms with E-state index in [1.807, 2.05) is 54.6 Å².